The third-order valence-corrected chi connectivity index (χ3v) is 7.23. The fraction of sp³-hybridized carbons (Fsp3) is 0.406. The van der Waals surface area contributed by atoms with E-state index in [1.54, 1.807) is 0 Å². The molecular formula is C32H36O5. The Balaban J connectivity index is 1.23. The first-order valence-electron chi connectivity index (χ1n) is 13.5. The SMILES string of the molecule is CCOCCOc1ccc2c(c1)CCOc1ccc(CCc3ccc([C@H]4C[C@@H]4C(=O)OCC)cc3)cc1-2. The van der Waals surface area contributed by atoms with Crippen molar-refractivity contribution in [2.75, 3.05) is 33.0 Å². The lowest BCUT2D eigenvalue weighted by Gasteiger charge is -2.13. The first kappa shape index (κ1) is 25.3. The first-order chi connectivity index (χ1) is 18.2. The first-order valence-corrected chi connectivity index (χ1v) is 13.5. The maximum absolute atomic E-state index is 12.0. The number of benzene rings is 3. The molecule has 0 radical (unpaired) electrons. The van der Waals surface area contributed by atoms with Crippen LogP contribution in [0.2, 0.25) is 0 Å². The van der Waals surface area contributed by atoms with Crippen molar-refractivity contribution < 1.29 is 23.7 Å². The average molecular weight is 501 g/mol. The smallest absolute Gasteiger partial charge is 0.309 e. The fourth-order valence-corrected chi connectivity index (χ4v) is 5.13. The van der Waals surface area contributed by atoms with E-state index >= 15 is 0 Å². The molecule has 0 aromatic heterocycles. The summed E-state index contributed by atoms with van der Waals surface area (Å²) >= 11 is 0. The van der Waals surface area contributed by atoms with Gasteiger partial charge in [0.05, 0.1) is 25.7 Å². The highest BCUT2D eigenvalue weighted by atomic mass is 16.5. The van der Waals surface area contributed by atoms with Gasteiger partial charge in [-0.25, -0.2) is 0 Å². The average Bonchev–Trinajstić information content (AvgIpc) is 3.74. The molecule has 0 N–H and O–H groups in total. The summed E-state index contributed by atoms with van der Waals surface area (Å²) in [5.41, 5.74) is 7.46. The zero-order chi connectivity index (χ0) is 25.6. The van der Waals surface area contributed by atoms with Gasteiger partial charge in [-0.2, -0.15) is 0 Å². The molecule has 1 saturated carbocycles. The van der Waals surface area contributed by atoms with E-state index in [0.29, 0.717) is 39.0 Å². The van der Waals surface area contributed by atoms with E-state index in [9.17, 15) is 4.79 Å². The van der Waals surface area contributed by atoms with Crippen molar-refractivity contribution in [2.45, 2.75) is 45.4 Å². The summed E-state index contributed by atoms with van der Waals surface area (Å²) in [6.45, 7) is 6.81. The van der Waals surface area contributed by atoms with Crippen molar-refractivity contribution >= 4 is 5.97 Å². The van der Waals surface area contributed by atoms with Gasteiger partial charge in [0.2, 0.25) is 0 Å². The highest BCUT2D eigenvalue weighted by Crippen LogP contribution is 2.48. The number of aryl methyl sites for hydroxylation is 2. The summed E-state index contributed by atoms with van der Waals surface area (Å²) in [4.78, 5) is 12.0. The maximum atomic E-state index is 12.0. The van der Waals surface area contributed by atoms with E-state index < -0.39 is 0 Å². The molecule has 3 aromatic carbocycles. The van der Waals surface area contributed by atoms with Gasteiger partial charge in [-0.05, 0) is 91.1 Å². The van der Waals surface area contributed by atoms with Gasteiger partial charge in [-0.3, -0.25) is 4.79 Å². The molecular weight excluding hydrogens is 464 g/mol. The zero-order valence-corrected chi connectivity index (χ0v) is 21.8. The largest absolute Gasteiger partial charge is 0.493 e. The normalized spacial score (nSPS) is 17.7. The van der Waals surface area contributed by atoms with E-state index in [0.717, 1.165) is 42.7 Å². The molecule has 5 nitrogen and oxygen atoms in total. The van der Waals surface area contributed by atoms with Gasteiger partial charge < -0.3 is 18.9 Å². The molecule has 194 valence electrons. The third kappa shape index (κ3) is 6.16. The van der Waals surface area contributed by atoms with Gasteiger partial charge >= 0.3 is 5.97 Å². The van der Waals surface area contributed by atoms with Crippen LogP contribution in [0.5, 0.6) is 11.5 Å². The van der Waals surface area contributed by atoms with Gasteiger partial charge in [-0.1, -0.05) is 36.4 Å². The van der Waals surface area contributed by atoms with Crippen LogP contribution in [0.15, 0.2) is 60.7 Å². The molecule has 5 rings (SSSR count). The Kier molecular flexibility index (Phi) is 8.10. The van der Waals surface area contributed by atoms with Crippen LogP contribution in [-0.4, -0.2) is 39.0 Å². The Labute approximate surface area is 219 Å². The Hall–Kier alpha value is -3.31. The number of hydrogen-bond donors (Lipinski definition) is 0. The highest BCUT2D eigenvalue weighted by Gasteiger charge is 2.45. The molecule has 37 heavy (non-hydrogen) atoms. The van der Waals surface area contributed by atoms with Crippen LogP contribution in [-0.2, 0) is 33.5 Å². The minimum atomic E-state index is -0.0596. The van der Waals surface area contributed by atoms with E-state index in [2.05, 4.69) is 54.6 Å². The topological polar surface area (TPSA) is 54.0 Å². The fourth-order valence-electron chi connectivity index (χ4n) is 5.13. The molecule has 0 spiro atoms. The monoisotopic (exact) mass is 500 g/mol. The predicted octanol–water partition coefficient (Wildman–Crippen LogP) is 6.16. The highest BCUT2D eigenvalue weighted by molar-refractivity contribution is 5.77. The van der Waals surface area contributed by atoms with E-state index in [-0.39, 0.29) is 11.9 Å². The van der Waals surface area contributed by atoms with Crippen LogP contribution in [0.1, 0.15) is 48.4 Å². The summed E-state index contributed by atoms with van der Waals surface area (Å²) in [5.74, 6) is 2.11. The number of esters is 1. The number of carbonyl (C=O) groups excluding carboxylic acids is 1. The quantitative estimate of drug-likeness (QED) is 0.233. The van der Waals surface area contributed by atoms with Crippen LogP contribution in [0.4, 0.5) is 0 Å². The van der Waals surface area contributed by atoms with Crippen LogP contribution in [0, 0.1) is 5.92 Å². The lowest BCUT2D eigenvalue weighted by molar-refractivity contribution is -0.144. The number of ether oxygens (including phenoxy) is 4. The molecule has 1 aliphatic carbocycles. The second kappa shape index (κ2) is 11.8. The maximum Gasteiger partial charge on any atom is 0.309 e. The van der Waals surface area contributed by atoms with E-state index in [1.807, 2.05) is 19.9 Å². The van der Waals surface area contributed by atoms with Gasteiger partial charge in [-0.15, -0.1) is 0 Å². The Morgan fingerprint density at radius 3 is 2.51 bits per heavy atom. The van der Waals surface area contributed by atoms with Crippen molar-refractivity contribution in [1.29, 1.82) is 0 Å². The molecule has 0 saturated heterocycles. The number of fused-ring (bicyclic) bond motifs is 3. The number of rotatable bonds is 11. The molecule has 0 amide bonds. The van der Waals surface area contributed by atoms with Crippen molar-refractivity contribution in [3.05, 3.63) is 82.9 Å². The van der Waals surface area contributed by atoms with Gasteiger partial charge in [0, 0.05) is 18.6 Å². The van der Waals surface area contributed by atoms with Crippen molar-refractivity contribution in [3.63, 3.8) is 0 Å². The van der Waals surface area contributed by atoms with Gasteiger partial charge in [0.25, 0.3) is 0 Å². The third-order valence-electron chi connectivity index (χ3n) is 7.23. The van der Waals surface area contributed by atoms with Gasteiger partial charge in [0.1, 0.15) is 18.1 Å². The number of carbonyl (C=O) groups is 1. The van der Waals surface area contributed by atoms with Crippen LogP contribution in [0.3, 0.4) is 0 Å². The second-order valence-corrected chi connectivity index (χ2v) is 9.74. The van der Waals surface area contributed by atoms with Crippen molar-refractivity contribution in [1.82, 2.24) is 0 Å². The van der Waals surface area contributed by atoms with Crippen molar-refractivity contribution in [3.8, 4) is 22.6 Å². The van der Waals surface area contributed by atoms with Crippen LogP contribution >= 0.6 is 0 Å². The second-order valence-electron chi connectivity index (χ2n) is 9.74. The van der Waals surface area contributed by atoms with Crippen molar-refractivity contribution in [2.24, 2.45) is 5.92 Å². The summed E-state index contributed by atoms with van der Waals surface area (Å²) in [6.07, 6.45) is 3.67. The lowest BCUT2D eigenvalue weighted by atomic mass is 9.94. The number of hydrogen-bond acceptors (Lipinski definition) is 5. The Morgan fingerprint density at radius 2 is 1.70 bits per heavy atom. The molecule has 1 heterocycles. The minimum absolute atomic E-state index is 0.0354. The molecule has 1 aliphatic heterocycles. The Bertz CT molecular complexity index is 1220. The van der Waals surface area contributed by atoms with E-state index in [4.69, 9.17) is 18.9 Å². The molecule has 2 aliphatic rings. The molecule has 2 atom stereocenters. The van der Waals surface area contributed by atoms with E-state index in [1.165, 1.54) is 27.8 Å². The molecule has 3 aromatic rings. The summed E-state index contributed by atoms with van der Waals surface area (Å²) in [6, 6.07) is 21.6. The minimum Gasteiger partial charge on any atom is -0.493 e. The lowest BCUT2D eigenvalue weighted by Crippen LogP contribution is -2.07. The van der Waals surface area contributed by atoms with Crippen LogP contribution in [0.25, 0.3) is 11.1 Å². The summed E-state index contributed by atoms with van der Waals surface area (Å²) in [7, 11) is 0. The van der Waals surface area contributed by atoms with Crippen LogP contribution < -0.4 is 9.47 Å². The van der Waals surface area contributed by atoms with Gasteiger partial charge in [0.15, 0.2) is 0 Å². The zero-order valence-electron chi connectivity index (χ0n) is 21.8. The molecule has 0 bridgehead atoms. The molecule has 1 fully saturated rings. The standard InChI is InChI=1S/C32H36O5/c1-3-34-17-18-36-26-12-13-27-25(20-26)15-16-37-31-14-9-23(19-29(27)31)6-5-22-7-10-24(11-8-22)28-21-30(28)32(33)35-4-2/h7-14,19-20,28,30H,3-6,15-18,21H2,1-2H3/t28-,30+/m1/s1. The molecule has 5 heteroatoms. The summed E-state index contributed by atoms with van der Waals surface area (Å²) < 4.78 is 22.5. The summed E-state index contributed by atoms with van der Waals surface area (Å²) in [5, 5.41) is 0. The predicted molar refractivity (Wildman–Crippen MR) is 144 cm³/mol. The molecule has 0 unspecified atom stereocenters. The Morgan fingerprint density at radius 1 is 0.892 bits per heavy atom.